The lowest BCUT2D eigenvalue weighted by Gasteiger charge is -2.14. The molecule has 96 valence electrons. The summed E-state index contributed by atoms with van der Waals surface area (Å²) >= 11 is 0. The number of benzene rings is 1. The summed E-state index contributed by atoms with van der Waals surface area (Å²) in [7, 11) is 0. The highest BCUT2D eigenvalue weighted by molar-refractivity contribution is 5.85. The molecular weight excluding hydrogens is 238 g/mol. The fourth-order valence-corrected chi connectivity index (χ4v) is 1.91. The molecule has 1 aliphatic heterocycles. The SMILES string of the molecule is CCOc1ccccc1OCC1CCNC1.Cl. The van der Waals surface area contributed by atoms with Crippen LogP contribution in [0.2, 0.25) is 0 Å². The van der Waals surface area contributed by atoms with Crippen LogP contribution in [0.5, 0.6) is 11.5 Å². The van der Waals surface area contributed by atoms with Crippen molar-refractivity contribution >= 4 is 12.4 Å². The van der Waals surface area contributed by atoms with E-state index in [9.17, 15) is 0 Å². The molecule has 1 saturated heterocycles. The zero-order chi connectivity index (χ0) is 11.2. The molecule has 17 heavy (non-hydrogen) atoms. The summed E-state index contributed by atoms with van der Waals surface area (Å²) in [6.07, 6.45) is 1.21. The standard InChI is InChI=1S/C13H19NO2.ClH/c1-2-15-12-5-3-4-6-13(12)16-10-11-7-8-14-9-11;/h3-6,11,14H,2,7-10H2,1H3;1H. The number of nitrogens with one attached hydrogen (secondary N) is 1. The van der Waals surface area contributed by atoms with Gasteiger partial charge in [-0.1, -0.05) is 12.1 Å². The monoisotopic (exact) mass is 257 g/mol. The van der Waals surface area contributed by atoms with Crippen molar-refractivity contribution in [2.45, 2.75) is 13.3 Å². The topological polar surface area (TPSA) is 30.5 Å². The lowest BCUT2D eigenvalue weighted by Crippen LogP contribution is -2.15. The molecule has 1 aromatic rings. The van der Waals surface area contributed by atoms with Crippen molar-refractivity contribution in [1.29, 1.82) is 0 Å². The van der Waals surface area contributed by atoms with E-state index in [-0.39, 0.29) is 12.4 Å². The minimum absolute atomic E-state index is 0. The highest BCUT2D eigenvalue weighted by Gasteiger charge is 2.15. The van der Waals surface area contributed by atoms with Gasteiger partial charge in [-0.25, -0.2) is 0 Å². The van der Waals surface area contributed by atoms with Crippen molar-refractivity contribution in [2.75, 3.05) is 26.3 Å². The van der Waals surface area contributed by atoms with E-state index in [2.05, 4.69) is 5.32 Å². The molecule has 0 spiro atoms. The van der Waals surface area contributed by atoms with E-state index < -0.39 is 0 Å². The van der Waals surface area contributed by atoms with Crippen LogP contribution < -0.4 is 14.8 Å². The summed E-state index contributed by atoms with van der Waals surface area (Å²) < 4.78 is 11.3. The number of hydrogen-bond donors (Lipinski definition) is 1. The van der Waals surface area contributed by atoms with Gasteiger partial charge >= 0.3 is 0 Å². The first-order valence-corrected chi connectivity index (χ1v) is 5.95. The summed E-state index contributed by atoms with van der Waals surface area (Å²) in [6.45, 7) is 5.61. The van der Waals surface area contributed by atoms with Gasteiger partial charge in [0, 0.05) is 12.5 Å². The van der Waals surface area contributed by atoms with E-state index in [4.69, 9.17) is 9.47 Å². The first kappa shape index (κ1) is 14.1. The first-order valence-electron chi connectivity index (χ1n) is 5.95. The van der Waals surface area contributed by atoms with Crippen LogP contribution in [0.25, 0.3) is 0 Å². The number of halogens is 1. The van der Waals surface area contributed by atoms with Crippen LogP contribution in [0.15, 0.2) is 24.3 Å². The van der Waals surface area contributed by atoms with Gasteiger partial charge in [-0.2, -0.15) is 0 Å². The quantitative estimate of drug-likeness (QED) is 0.879. The molecule has 4 heteroatoms. The average Bonchev–Trinajstić information content (AvgIpc) is 2.81. The molecule has 0 radical (unpaired) electrons. The Balaban J connectivity index is 0.00000144. The zero-order valence-electron chi connectivity index (χ0n) is 10.1. The summed E-state index contributed by atoms with van der Waals surface area (Å²) in [5.74, 6) is 2.34. The molecule has 0 saturated carbocycles. The van der Waals surface area contributed by atoms with Crippen molar-refractivity contribution in [3.05, 3.63) is 24.3 Å². The fraction of sp³-hybridized carbons (Fsp3) is 0.538. The van der Waals surface area contributed by atoms with Gasteiger partial charge in [0.05, 0.1) is 13.2 Å². The lowest BCUT2D eigenvalue weighted by molar-refractivity contribution is 0.240. The van der Waals surface area contributed by atoms with Crippen LogP contribution in [0.3, 0.4) is 0 Å². The molecule has 1 unspecified atom stereocenters. The molecule has 0 bridgehead atoms. The molecule has 0 aromatic heterocycles. The molecule has 0 amide bonds. The molecule has 1 atom stereocenters. The average molecular weight is 258 g/mol. The van der Waals surface area contributed by atoms with Crippen molar-refractivity contribution in [2.24, 2.45) is 5.92 Å². The third-order valence-corrected chi connectivity index (χ3v) is 2.79. The zero-order valence-corrected chi connectivity index (χ0v) is 11.0. The second-order valence-electron chi connectivity index (χ2n) is 4.05. The third kappa shape index (κ3) is 4.10. The summed E-state index contributed by atoms with van der Waals surface area (Å²) in [5.41, 5.74) is 0. The minimum Gasteiger partial charge on any atom is -0.490 e. The van der Waals surface area contributed by atoms with Gasteiger partial charge in [0.1, 0.15) is 0 Å². The van der Waals surface area contributed by atoms with Gasteiger partial charge in [0.25, 0.3) is 0 Å². The lowest BCUT2D eigenvalue weighted by atomic mass is 10.1. The number of hydrogen-bond acceptors (Lipinski definition) is 3. The maximum atomic E-state index is 5.81. The molecular formula is C13H20ClNO2. The molecule has 1 N–H and O–H groups in total. The van der Waals surface area contributed by atoms with Gasteiger partial charge in [-0.05, 0) is 32.0 Å². The van der Waals surface area contributed by atoms with E-state index in [0.717, 1.165) is 31.2 Å². The van der Waals surface area contributed by atoms with Crippen LogP contribution in [0, 0.1) is 5.92 Å². The van der Waals surface area contributed by atoms with Crippen LogP contribution in [0.4, 0.5) is 0 Å². The first-order chi connectivity index (χ1) is 7.90. The normalized spacial score (nSPS) is 18.5. The Kier molecular flexibility index (Phi) is 6.16. The molecule has 3 nitrogen and oxygen atoms in total. The van der Waals surface area contributed by atoms with Crippen LogP contribution in [-0.2, 0) is 0 Å². The molecule has 2 rings (SSSR count). The van der Waals surface area contributed by atoms with Gasteiger partial charge in [-0.15, -0.1) is 12.4 Å². The van der Waals surface area contributed by atoms with Gasteiger partial charge in [0.2, 0.25) is 0 Å². The van der Waals surface area contributed by atoms with Crippen molar-refractivity contribution in [1.82, 2.24) is 5.32 Å². The summed E-state index contributed by atoms with van der Waals surface area (Å²) in [4.78, 5) is 0. The predicted molar refractivity (Wildman–Crippen MR) is 71.3 cm³/mol. The molecule has 1 aliphatic rings. The van der Waals surface area contributed by atoms with Crippen LogP contribution >= 0.6 is 12.4 Å². The van der Waals surface area contributed by atoms with Crippen molar-refractivity contribution in [3.63, 3.8) is 0 Å². The molecule has 0 aliphatic carbocycles. The Labute approximate surface area is 109 Å². The fourth-order valence-electron chi connectivity index (χ4n) is 1.91. The van der Waals surface area contributed by atoms with Gasteiger partial charge in [-0.3, -0.25) is 0 Å². The number of rotatable bonds is 5. The Hall–Kier alpha value is -0.930. The predicted octanol–water partition coefficient (Wildman–Crippen LogP) is 2.50. The number of ether oxygens (including phenoxy) is 2. The van der Waals surface area contributed by atoms with Gasteiger partial charge < -0.3 is 14.8 Å². The Bertz CT molecular complexity index is 327. The Morgan fingerprint density at radius 3 is 2.53 bits per heavy atom. The summed E-state index contributed by atoms with van der Waals surface area (Å²) in [6, 6.07) is 7.86. The van der Waals surface area contributed by atoms with Crippen LogP contribution in [-0.4, -0.2) is 26.3 Å². The molecule has 1 fully saturated rings. The second kappa shape index (κ2) is 7.41. The van der Waals surface area contributed by atoms with Gasteiger partial charge in [0.15, 0.2) is 11.5 Å². The smallest absolute Gasteiger partial charge is 0.161 e. The van der Waals surface area contributed by atoms with Crippen molar-refractivity contribution < 1.29 is 9.47 Å². The maximum Gasteiger partial charge on any atom is 0.161 e. The Morgan fingerprint density at radius 2 is 1.94 bits per heavy atom. The third-order valence-electron chi connectivity index (χ3n) is 2.79. The molecule has 1 aromatic carbocycles. The number of para-hydroxylation sites is 2. The van der Waals surface area contributed by atoms with E-state index in [1.807, 2.05) is 31.2 Å². The Morgan fingerprint density at radius 1 is 1.24 bits per heavy atom. The minimum atomic E-state index is 0. The van der Waals surface area contributed by atoms with E-state index in [1.54, 1.807) is 0 Å². The summed E-state index contributed by atoms with van der Waals surface area (Å²) in [5, 5.41) is 3.34. The second-order valence-corrected chi connectivity index (χ2v) is 4.05. The van der Waals surface area contributed by atoms with Crippen molar-refractivity contribution in [3.8, 4) is 11.5 Å². The van der Waals surface area contributed by atoms with E-state index >= 15 is 0 Å². The molecule has 1 heterocycles. The highest BCUT2D eigenvalue weighted by atomic mass is 35.5. The van der Waals surface area contributed by atoms with Crippen LogP contribution in [0.1, 0.15) is 13.3 Å². The maximum absolute atomic E-state index is 5.81. The largest absolute Gasteiger partial charge is 0.490 e. The van der Waals surface area contributed by atoms with E-state index in [1.165, 1.54) is 6.42 Å². The highest BCUT2D eigenvalue weighted by Crippen LogP contribution is 2.27. The van der Waals surface area contributed by atoms with E-state index in [0.29, 0.717) is 12.5 Å².